The summed E-state index contributed by atoms with van der Waals surface area (Å²) >= 11 is 1.51. The molecule has 5 nitrogen and oxygen atoms in total. The van der Waals surface area contributed by atoms with Gasteiger partial charge in [-0.2, -0.15) is 0 Å². The Kier molecular flexibility index (Phi) is 6.07. The molecule has 2 unspecified atom stereocenters. The molecule has 1 fully saturated rings. The number of hydrogen-bond acceptors (Lipinski definition) is 4. The van der Waals surface area contributed by atoms with E-state index >= 15 is 0 Å². The Morgan fingerprint density at radius 1 is 1.39 bits per heavy atom. The molecule has 0 bridgehead atoms. The molecule has 0 radical (unpaired) electrons. The zero-order valence-corrected chi connectivity index (χ0v) is 14.6. The number of aliphatic carboxylic acids is 1. The Bertz CT molecular complexity index is 590. The van der Waals surface area contributed by atoms with Crippen LogP contribution in [-0.4, -0.2) is 53.4 Å². The molecule has 1 N–H and O–H groups in total. The number of thioether (sulfide) groups is 1. The van der Waals surface area contributed by atoms with Crippen molar-refractivity contribution in [2.75, 3.05) is 19.4 Å². The van der Waals surface area contributed by atoms with Crippen molar-refractivity contribution in [3.05, 3.63) is 29.3 Å². The number of carboxylic acid groups (broad SMARTS) is 1. The van der Waals surface area contributed by atoms with Crippen LogP contribution in [0.15, 0.2) is 23.1 Å². The number of carbonyl (C=O) groups is 2. The molecular formula is C17H23NO4S. The molecule has 6 heteroatoms. The number of likely N-dealkylation sites (tertiary alicyclic amines) is 1. The van der Waals surface area contributed by atoms with Gasteiger partial charge in [0.2, 0.25) is 5.91 Å². The van der Waals surface area contributed by atoms with E-state index in [0.29, 0.717) is 18.7 Å². The van der Waals surface area contributed by atoms with E-state index in [2.05, 4.69) is 6.07 Å². The van der Waals surface area contributed by atoms with Crippen LogP contribution in [0.3, 0.4) is 0 Å². The molecule has 23 heavy (non-hydrogen) atoms. The summed E-state index contributed by atoms with van der Waals surface area (Å²) in [7, 11) is 1.60. The van der Waals surface area contributed by atoms with E-state index in [0.717, 1.165) is 16.0 Å². The number of carboxylic acids is 1. The number of amides is 1. The normalized spacial score (nSPS) is 20.7. The fourth-order valence-electron chi connectivity index (χ4n) is 2.83. The third-order valence-electron chi connectivity index (χ3n) is 4.13. The number of nitrogens with zero attached hydrogens (tertiary/aromatic N) is 1. The molecule has 0 aromatic heterocycles. The minimum Gasteiger partial charge on any atom is -0.481 e. The SMILES string of the molecule is COC1CC(CC(=O)O)N(C(=O)CSc2cc(C)ccc2C)C1. The molecule has 1 aromatic rings. The van der Waals surface area contributed by atoms with E-state index in [1.165, 1.54) is 11.8 Å². The minimum atomic E-state index is -0.883. The number of ether oxygens (including phenoxy) is 1. The van der Waals surface area contributed by atoms with Crippen molar-refractivity contribution < 1.29 is 19.4 Å². The first-order valence-electron chi connectivity index (χ1n) is 7.64. The smallest absolute Gasteiger partial charge is 0.305 e. The third kappa shape index (κ3) is 4.72. The number of methoxy groups -OCH3 is 1. The summed E-state index contributed by atoms with van der Waals surface area (Å²) < 4.78 is 5.31. The molecule has 126 valence electrons. The van der Waals surface area contributed by atoms with Crippen LogP contribution >= 0.6 is 11.8 Å². The summed E-state index contributed by atoms with van der Waals surface area (Å²) in [5.41, 5.74) is 2.31. The maximum absolute atomic E-state index is 12.5. The Labute approximate surface area is 141 Å². The van der Waals surface area contributed by atoms with Crippen LogP contribution in [0.5, 0.6) is 0 Å². The highest BCUT2D eigenvalue weighted by molar-refractivity contribution is 8.00. The van der Waals surface area contributed by atoms with Crippen molar-refractivity contribution in [2.24, 2.45) is 0 Å². The Morgan fingerprint density at radius 2 is 2.13 bits per heavy atom. The Balaban J connectivity index is 2.00. The van der Waals surface area contributed by atoms with Gasteiger partial charge >= 0.3 is 5.97 Å². The van der Waals surface area contributed by atoms with E-state index < -0.39 is 5.97 Å². The van der Waals surface area contributed by atoms with Gasteiger partial charge in [0.05, 0.1) is 18.3 Å². The fraction of sp³-hybridized carbons (Fsp3) is 0.529. The lowest BCUT2D eigenvalue weighted by atomic mass is 10.1. The van der Waals surface area contributed by atoms with Crippen molar-refractivity contribution in [1.29, 1.82) is 0 Å². The van der Waals surface area contributed by atoms with Crippen molar-refractivity contribution in [1.82, 2.24) is 4.90 Å². The van der Waals surface area contributed by atoms with Crippen molar-refractivity contribution in [3.8, 4) is 0 Å². The van der Waals surface area contributed by atoms with Gasteiger partial charge < -0.3 is 14.7 Å². The molecule has 0 aliphatic carbocycles. The molecule has 2 atom stereocenters. The van der Waals surface area contributed by atoms with Gasteiger partial charge in [0, 0.05) is 24.6 Å². The lowest BCUT2D eigenvalue weighted by Crippen LogP contribution is -2.38. The second kappa shape index (κ2) is 7.84. The van der Waals surface area contributed by atoms with Crippen LogP contribution in [-0.2, 0) is 14.3 Å². The summed E-state index contributed by atoms with van der Waals surface area (Å²) in [5, 5.41) is 9.02. The van der Waals surface area contributed by atoms with Gasteiger partial charge in [0.25, 0.3) is 0 Å². The van der Waals surface area contributed by atoms with Crippen LogP contribution in [0.1, 0.15) is 24.0 Å². The van der Waals surface area contributed by atoms with E-state index in [1.807, 2.05) is 26.0 Å². The van der Waals surface area contributed by atoms with Gasteiger partial charge in [0.1, 0.15) is 0 Å². The number of rotatable bonds is 6. The monoisotopic (exact) mass is 337 g/mol. The molecule has 2 rings (SSSR count). The van der Waals surface area contributed by atoms with Gasteiger partial charge in [-0.05, 0) is 31.9 Å². The van der Waals surface area contributed by atoms with Gasteiger partial charge in [0.15, 0.2) is 0 Å². The highest BCUT2D eigenvalue weighted by Crippen LogP contribution is 2.27. The van der Waals surface area contributed by atoms with E-state index in [4.69, 9.17) is 9.84 Å². The molecular weight excluding hydrogens is 314 g/mol. The zero-order valence-electron chi connectivity index (χ0n) is 13.7. The van der Waals surface area contributed by atoms with Gasteiger partial charge in [-0.15, -0.1) is 11.8 Å². The second-order valence-corrected chi connectivity index (χ2v) is 6.97. The first-order chi connectivity index (χ1) is 10.9. The molecule has 1 saturated heterocycles. The number of benzene rings is 1. The van der Waals surface area contributed by atoms with E-state index in [-0.39, 0.29) is 24.5 Å². The maximum atomic E-state index is 12.5. The molecule has 1 amide bonds. The standard InChI is InChI=1S/C17H23NO4S/c1-11-4-5-12(2)15(6-11)23-10-16(19)18-9-14(22-3)7-13(18)8-17(20)21/h4-6,13-14H,7-10H2,1-3H3,(H,20,21). The number of aryl methyl sites for hydroxylation is 2. The average molecular weight is 337 g/mol. The van der Waals surface area contributed by atoms with Crippen LogP contribution in [0.25, 0.3) is 0 Å². The van der Waals surface area contributed by atoms with Crippen LogP contribution in [0, 0.1) is 13.8 Å². The fourth-order valence-corrected chi connectivity index (χ4v) is 3.84. The predicted molar refractivity (Wildman–Crippen MR) is 89.8 cm³/mol. The minimum absolute atomic E-state index is 0.0262. The highest BCUT2D eigenvalue weighted by Gasteiger charge is 2.36. The topological polar surface area (TPSA) is 66.8 Å². The number of hydrogen-bond donors (Lipinski definition) is 1. The molecule has 1 aliphatic rings. The van der Waals surface area contributed by atoms with Gasteiger partial charge in [-0.1, -0.05) is 17.7 Å². The summed E-state index contributed by atoms with van der Waals surface area (Å²) in [6.45, 7) is 4.52. The summed E-state index contributed by atoms with van der Waals surface area (Å²) in [6, 6.07) is 5.90. The molecule has 1 aromatic carbocycles. The van der Waals surface area contributed by atoms with Crippen LogP contribution < -0.4 is 0 Å². The molecule has 0 saturated carbocycles. The first-order valence-corrected chi connectivity index (χ1v) is 8.63. The highest BCUT2D eigenvalue weighted by atomic mass is 32.2. The van der Waals surface area contributed by atoms with Crippen molar-refractivity contribution >= 4 is 23.6 Å². The van der Waals surface area contributed by atoms with Crippen molar-refractivity contribution in [3.63, 3.8) is 0 Å². The predicted octanol–water partition coefficient (Wildman–Crippen LogP) is 2.49. The summed E-state index contributed by atoms with van der Waals surface area (Å²) in [6.07, 6.45) is 0.483. The lowest BCUT2D eigenvalue weighted by molar-refractivity contribution is -0.139. The first kappa shape index (κ1) is 17.8. The van der Waals surface area contributed by atoms with Gasteiger partial charge in [-0.25, -0.2) is 0 Å². The quantitative estimate of drug-likeness (QED) is 0.808. The maximum Gasteiger partial charge on any atom is 0.305 e. The van der Waals surface area contributed by atoms with Crippen LogP contribution in [0.2, 0.25) is 0 Å². The second-order valence-electron chi connectivity index (χ2n) is 5.95. The van der Waals surface area contributed by atoms with E-state index in [1.54, 1.807) is 12.0 Å². The molecule has 1 aliphatic heterocycles. The lowest BCUT2D eigenvalue weighted by Gasteiger charge is -2.23. The molecule has 1 heterocycles. The summed E-state index contributed by atoms with van der Waals surface area (Å²) in [4.78, 5) is 26.3. The molecule has 0 spiro atoms. The Morgan fingerprint density at radius 3 is 2.78 bits per heavy atom. The third-order valence-corrected chi connectivity index (χ3v) is 5.28. The summed E-state index contributed by atoms with van der Waals surface area (Å²) in [5.74, 6) is -0.593. The zero-order chi connectivity index (χ0) is 17.0. The van der Waals surface area contributed by atoms with Crippen LogP contribution in [0.4, 0.5) is 0 Å². The largest absolute Gasteiger partial charge is 0.481 e. The van der Waals surface area contributed by atoms with Gasteiger partial charge in [-0.3, -0.25) is 9.59 Å². The number of carbonyl (C=O) groups excluding carboxylic acids is 1. The van der Waals surface area contributed by atoms with E-state index in [9.17, 15) is 9.59 Å². The van der Waals surface area contributed by atoms with Crippen molar-refractivity contribution in [2.45, 2.75) is 43.7 Å². The average Bonchev–Trinajstić information content (AvgIpc) is 2.90. The Hall–Kier alpha value is -1.53.